The molecule has 0 aliphatic heterocycles. The van der Waals surface area contributed by atoms with Gasteiger partial charge in [0, 0.05) is 25.4 Å². The molecule has 2 aromatic carbocycles. The van der Waals surface area contributed by atoms with E-state index in [2.05, 4.69) is 108 Å². The van der Waals surface area contributed by atoms with Gasteiger partial charge in [-0.3, -0.25) is 9.78 Å². The molecule has 7 heteroatoms. The first kappa shape index (κ1) is 35.8. The zero-order valence-electron chi connectivity index (χ0n) is 29.0. The Morgan fingerprint density at radius 3 is 1.49 bits per heavy atom. The Labute approximate surface area is 297 Å². The van der Waals surface area contributed by atoms with Crippen LogP contribution < -0.4 is 9.47 Å². The lowest BCUT2D eigenvalue weighted by Crippen LogP contribution is -2.30. The zero-order chi connectivity index (χ0) is 33.9. The van der Waals surface area contributed by atoms with Crippen molar-refractivity contribution in [2.24, 2.45) is 22.7 Å². The topological polar surface area (TPSA) is 61.3 Å². The van der Waals surface area contributed by atoms with Crippen LogP contribution in [0.25, 0.3) is 21.8 Å². The van der Waals surface area contributed by atoms with E-state index in [9.17, 15) is 4.79 Å². The number of carbonyl (C=O) groups excluding carboxylic acids is 1. The highest BCUT2D eigenvalue weighted by Crippen LogP contribution is 2.40. The number of halogens is 2. The quantitative estimate of drug-likeness (QED) is 0.189. The number of benzene rings is 2. The normalized spacial score (nSPS) is 22.0. The van der Waals surface area contributed by atoms with Crippen LogP contribution in [0, 0.1) is 29.6 Å². The molecule has 0 radical (unpaired) electrons. The van der Waals surface area contributed by atoms with Gasteiger partial charge in [0.05, 0.1) is 23.2 Å². The van der Waals surface area contributed by atoms with Crippen molar-refractivity contribution in [3.63, 3.8) is 0 Å². The van der Waals surface area contributed by atoms with Crippen LogP contribution in [0.2, 0.25) is 0 Å². The Kier molecular flexibility index (Phi) is 11.4. The molecule has 5 nitrogen and oxygen atoms in total. The van der Waals surface area contributed by atoms with Crippen molar-refractivity contribution < 1.29 is 14.3 Å². The maximum atomic E-state index is 10.9. The number of aromatic nitrogens is 2. The van der Waals surface area contributed by atoms with Crippen molar-refractivity contribution in [3.05, 3.63) is 68.9 Å². The number of rotatable bonds is 5. The third-order valence-electron chi connectivity index (χ3n) is 10.1. The molecule has 0 saturated heterocycles. The molecule has 4 aromatic rings. The van der Waals surface area contributed by atoms with Crippen molar-refractivity contribution in [3.8, 4) is 11.5 Å². The summed E-state index contributed by atoms with van der Waals surface area (Å²) >= 11 is 7.16. The van der Waals surface area contributed by atoms with Gasteiger partial charge in [-0.15, -0.1) is 0 Å². The van der Waals surface area contributed by atoms with E-state index in [4.69, 9.17) is 9.47 Å². The maximum Gasteiger partial charge on any atom is 0.168 e. The third-order valence-corrected chi connectivity index (χ3v) is 11.4. The summed E-state index contributed by atoms with van der Waals surface area (Å²) in [5.74, 6) is 3.44. The molecule has 0 spiro atoms. The number of aldehydes is 1. The monoisotopic (exact) mass is 764 g/mol. The Bertz CT molecular complexity index is 1690. The van der Waals surface area contributed by atoms with E-state index in [1.54, 1.807) is 6.07 Å². The number of ether oxygens (including phenoxy) is 2. The van der Waals surface area contributed by atoms with E-state index in [1.807, 2.05) is 25.1 Å². The van der Waals surface area contributed by atoms with E-state index >= 15 is 0 Å². The lowest BCUT2D eigenvalue weighted by Gasteiger charge is -2.37. The fourth-order valence-corrected chi connectivity index (χ4v) is 8.36. The fourth-order valence-electron chi connectivity index (χ4n) is 7.16. The smallest absolute Gasteiger partial charge is 0.168 e. The first-order valence-corrected chi connectivity index (χ1v) is 18.7. The highest BCUT2D eigenvalue weighted by atomic mass is 79.9. The second kappa shape index (κ2) is 14.9. The Morgan fingerprint density at radius 1 is 0.638 bits per heavy atom. The standard InChI is InChI=1S/C20H24BrNO2.C20H26BrNO/c1-20(2,3)13-4-6-15(7-5-13)24-16-8-9-19-17(11-16)18(21)10-14(12-23)22-19;1-13-11-18(21)17-12-16(9-10-19(17)22-13)23-15-7-5-14(6-8-15)20(2,3)4/h8-13,15H,4-7H2,1-3H3;9-12,14-15H,5-8H2,1-4H3. The van der Waals surface area contributed by atoms with Gasteiger partial charge in [0.15, 0.2) is 6.29 Å². The van der Waals surface area contributed by atoms with Gasteiger partial charge in [0.25, 0.3) is 0 Å². The fraction of sp³-hybridized carbons (Fsp3) is 0.525. The highest BCUT2D eigenvalue weighted by Gasteiger charge is 2.31. The minimum atomic E-state index is 0.294. The van der Waals surface area contributed by atoms with E-state index in [0.29, 0.717) is 28.7 Å². The first-order chi connectivity index (χ1) is 22.2. The highest BCUT2D eigenvalue weighted by molar-refractivity contribution is 9.11. The third kappa shape index (κ3) is 9.35. The summed E-state index contributed by atoms with van der Waals surface area (Å²) in [7, 11) is 0. The van der Waals surface area contributed by atoms with Gasteiger partial charge >= 0.3 is 0 Å². The van der Waals surface area contributed by atoms with Crippen LogP contribution in [-0.2, 0) is 0 Å². The molecule has 252 valence electrons. The van der Waals surface area contributed by atoms with Gasteiger partial charge in [-0.1, -0.05) is 73.4 Å². The van der Waals surface area contributed by atoms with Gasteiger partial charge in [0.1, 0.15) is 17.2 Å². The van der Waals surface area contributed by atoms with Crippen LogP contribution in [0.4, 0.5) is 0 Å². The second-order valence-corrected chi connectivity index (χ2v) is 17.4. The summed E-state index contributed by atoms with van der Waals surface area (Å²) in [6.45, 7) is 16.1. The van der Waals surface area contributed by atoms with Crippen molar-refractivity contribution in [2.75, 3.05) is 0 Å². The van der Waals surface area contributed by atoms with Gasteiger partial charge in [-0.2, -0.15) is 0 Å². The van der Waals surface area contributed by atoms with E-state index < -0.39 is 0 Å². The molecular formula is C40H50Br2N2O3. The number of carbonyl (C=O) groups is 1. The largest absolute Gasteiger partial charge is 0.490 e. The van der Waals surface area contributed by atoms with Gasteiger partial charge < -0.3 is 9.47 Å². The second-order valence-electron chi connectivity index (χ2n) is 15.7. The molecule has 2 fully saturated rings. The molecule has 47 heavy (non-hydrogen) atoms. The minimum absolute atomic E-state index is 0.294. The molecule has 0 bridgehead atoms. The summed E-state index contributed by atoms with van der Waals surface area (Å²) < 4.78 is 14.4. The van der Waals surface area contributed by atoms with Crippen molar-refractivity contribution in [1.82, 2.24) is 9.97 Å². The van der Waals surface area contributed by atoms with E-state index in [-0.39, 0.29) is 0 Å². The van der Waals surface area contributed by atoms with Crippen LogP contribution in [0.15, 0.2) is 57.5 Å². The summed E-state index contributed by atoms with van der Waals surface area (Å²) in [4.78, 5) is 19.8. The molecule has 0 N–H and O–H groups in total. The molecule has 0 unspecified atom stereocenters. The summed E-state index contributed by atoms with van der Waals surface area (Å²) in [5.41, 5.74) is 4.08. The molecule has 2 heterocycles. The Balaban J connectivity index is 0.000000185. The van der Waals surface area contributed by atoms with Gasteiger partial charge in [-0.05, 0) is 129 Å². The molecule has 2 aliphatic carbocycles. The summed E-state index contributed by atoms with van der Waals surface area (Å²) in [5, 5.41) is 2.10. The summed E-state index contributed by atoms with van der Waals surface area (Å²) in [6, 6.07) is 15.9. The Morgan fingerprint density at radius 2 is 1.06 bits per heavy atom. The van der Waals surface area contributed by atoms with E-state index in [1.165, 1.54) is 25.7 Å². The van der Waals surface area contributed by atoms with Crippen LogP contribution in [0.1, 0.15) is 109 Å². The van der Waals surface area contributed by atoms with Crippen molar-refractivity contribution in [2.45, 2.75) is 112 Å². The number of aryl methyl sites for hydroxylation is 1. The van der Waals surface area contributed by atoms with E-state index in [0.717, 1.165) is 91.7 Å². The molecule has 0 atom stereocenters. The minimum Gasteiger partial charge on any atom is -0.490 e. The molecular weight excluding hydrogens is 716 g/mol. The molecule has 2 aromatic heterocycles. The predicted octanol–water partition coefficient (Wildman–Crippen LogP) is 12.1. The van der Waals surface area contributed by atoms with Gasteiger partial charge in [0.2, 0.25) is 0 Å². The van der Waals surface area contributed by atoms with Crippen LogP contribution in [0.5, 0.6) is 11.5 Å². The predicted molar refractivity (Wildman–Crippen MR) is 201 cm³/mol. The zero-order valence-corrected chi connectivity index (χ0v) is 32.2. The number of hydrogen-bond acceptors (Lipinski definition) is 5. The van der Waals surface area contributed by atoms with Gasteiger partial charge in [-0.25, -0.2) is 4.98 Å². The number of fused-ring (bicyclic) bond motifs is 2. The molecule has 2 aliphatic rings. The van der Waals surface area contributed by atoms with Crippen LogP contribution in [0.3, 0.4) is 0 Å². The molecule has 0 amide bonds. The molecule has 2 saturated carbocycles. The van der Waals surface area contributed by atoms with Crippen molar-refractivity contribution in [1.29, 1.82) is 0 Å². The Hall–Kier alpha value is -2.51. The lowest BCUT2D eigenvalue weighted by molar-refractivity contribution is 0.0881. The summed E-state index contributed by atoms with van der Waals surface area (Å²) in [6.07, 6.45) is 11.0. The van der Waals surface area contributed by atoms with Crippen LogP contribution >= 0.6 is 31.9 Å². The lowest BCUT2D eigenvalue weighted by atomic mass is 9.72. The number of nitrogens with zero attached hydrogens (tertiary/aromatic N) is 2. The molecule has 6 rings (SSSR count). The maximum absolute atomic E-state index is 10.9. The average Bonchev–Trinajstić information content (AvgIpc) is 3.01. The average molecular weight is 767 g/mol. The number of pyridine rings is 2. The number of hydrogen-bond donors (Lipinski definition) is 0. The van der Waals surface area contributed by atoms with Crippen LogP contribution in [-0.4, -0.2) is 28.5 Å². The van der Waals surface area contributed by atoms with Crippen molar-refractivity contribution >= 4 is 60.0 Å². The SMILES string of the molecule is CC(C)(C)C1CCC(Oc2ccc3nc(C=O)cc(Br)c3c2)CC1.Cc1cc(Br)c2cc(OC3CCC(C(C)(C)C)CC3)ccc2n1. The first-order valence-electron chi connectivity index (χ1n) is 17.2.